The van der Waals surface area contributed by atoms with Crippen molar-refractivity contribution in [1.29, 1.82) is 0 Å². The highest BCUT2D eigenvalue weighted by Gasteiger charge is 2.18. The second-order valence-electron chi connectivity index (χ2n) is 7.22. The molecule has 3 aromatic rings. The zero-order chi connectivity index (χ0) is 25.5. The van der Waals surface area contributed by atoms with Gasteiger partial charge < -0.3 is 20.1 Å². The number of carbonyl (C=O) groups excluding carboxylic acids is 2. The first-order valence-electron chi connectivity index (χ1n) is 10.3. The van der Waals surface area contributed by atoms with Crippen LogP contribution in [0.1, 0.15) is 17.3 Å². The zero-order valence-electron chi connectivity index (χ0n) is 19.0. The van der Waals surface area contributed by atoms with E-state index in [1.807, 2.05) is 0 Å². The molecular formula is C24H22ClN3O6S. The molecule has 1 unspecified atom stereocenters. The lowest BCUT2D eigenvalue weighted by Crippen LogP contribution is -2.22. The second-order valence-corrected chi connectivity index (χ2v) is 9.04. The highest BCUT2D eigenvalue weighted by atomic mass is 35.5. The number of methoxy groups -OCH3 is 2. The first-order valence-corrected chi connectivity index (χ1v) is 11.5. The molecule has 3 aromatic carbocycles. The molecule has 0 aliphatic carbocycles. The van der Waals surface area contributed by atoms with Crippen LogP contribution in [0.3, 0.4) is 0 Å². The van der Waals surface area contributed by atoms with E-state index in [0.29, 0.717) is 27.9 Å². The second kappa shape index (κ2) is 11.6. The van der Waals surface area contributed by atoms with E-state index < -0.39 is 16.1 Å². The number of nitrogens with one attached hydrogen (secondary N) is 2. The highest BCUT2D eigenvalue weighted by Crippen LogP contribution is 2.36. The van der Waals surface area contributed by atoms with Crippen LogP contribution in [0, 0.1) is 10.1 Å². The minimum atomic E-state index is -0.556. The van der Waals surface area contributed by atoms with Gasteiger partial charge in [-0.1, -0.05) is 17.7 Å². The van der Waals surface area contributed by atoms with Crippen LogP contribution >= 0.6 is 23.4 Å². The summed E-state index contributed by atoms with van der Waals surface area (Å²) < 4.78 is 10.5. The summed E-state index contributed by atoms with van der Waals surface area (Å²) in [5, 5.41) is 16.3. The summed E-state index contributed by atoms with van der Waals surface area (Å²) in [7, 11) is 2.97. The summed E-state index contributed by atoms with van der Waals surface area (Å²) in [6.45, 7) is 1.76. The first kappa shape index (κ1) is 25.9. The topological polar surface area (TPSA) is 120 Å². The van der Waals surface area contributed by atoms with Gasteiger partial charge in [-0.2, -0.15) is 0 Å². The Morgan fingerprint density at radius 1 is 1.00 bits per heavy atom. The van der Waals surface area contributed by atoms with Crippen molar-refractivity contribution in [2.75, 3.05) is 24.9 Å². The number of rotatable bonds is 9. The van der Waals surface area contributed by atoms with Crippen molar-refractivity contribution in [2.45, 2.75) is 17.1 Å². The molecule has 0 heterocycles. The summed E-state index contributed by atoms with van der Waals surface area (Å²) >= 11 is 7.49. The van der Waals surface area contributed by atoms with Crippen LogP contribution < -0.4 is 20.1 Å². The van der Waals surface area contributed by atoms with E-state index in [-0.39, 0.29) is 17.2 Å². The standard InChI is InChI=1S/C24H22ClN3O6S/c1-14(23(29)27-20-12-19(25)21(33-2)13-22(20)34-3)35-18-9-7-16(8-10-18)26-24(30)15-5-4-6-17(11-15)28(31)32/h4-14H,1-3H3,(H,26,30)(H,27,29). The number of nitro benzene ring substituents is 1. The lowest BCUT2D eigenvalue weighted by Gasteiger charge is -2.16. The monoisotopic (exact) mass is 515 g/mol. The molecule has 0 aromatic heterocycles. The Morgan fingerprint density at radius 3 is 2.31 bits per heavy atom. The van der Waals surface area contributed by atoms with Crippen LogP contribution in [0.4, 0.5) is 17.1 Å². The number of carbonyl (C=O) groups is 2. The number of hydrogen-bond donors (Lipinski definition) is 2. The lowest BCUT2D eigenvalue weighted by molar-refractivity contribution is -0.384. The Hall–Kier alpha value is -3.76. The molecule has 0 fully saturated rings. The summed E-state index contributed by atoms with van der Waals surface area (Å²) in [5.74, 6) is 0.133. The number of halogens is 1. The van der Waals surface area contributed by atoms with Crippen LogP contribution in [-0.4, -0.2) is 36.2 Å². The number of nitrogens with zero attached hydrogens (tertiary/aromatic N) is 1. The maximum Gasteiger partial charge on any atom is 0.270 e. The predicted molar refractivity (Wildman–Crippen MR) is 136 cm³/mol. The van der Waals surface area contributed by atoms with Gasteiger partial charge in [-0.25, -0.2) is 0 Å². The van der Waals surface area contributed by atoms with E-state index in [1.54, 1.807) is 43.3 Å². The van der Waals surface area contributed by atoms with Crippen LogP contribution in [0.5, 0.6) is 11.5 Å². The van der Waals surface area contributed by atoms with Crippen molar-refractivity contribution in [1.82, 2.24) is 0 Å². The molecule has 0 bridgehead atoms. The van der Waals surface area contributed by atoms with E-state index >= 15 is 0 Å². The molecule has 0 aliphatic heterocycles. The van der Waals surface area contributed by atoms with E-state index in [4.69, 9.17) is 21.1 Å². The smallest absolute Gasteiger partial charge is 0.270 e. The number of amides is 2. The SMILES string of the molecule is COc1cc(OC)c(NC(=O)C(C)Sc2ccc(NC(=O)c3cccc([N+](=O)[O-])c3)cc2)cc1Cl. The van der Waals surface area contributed by atoms with Gasteiger partial charge in [0.15, 0.2) is 0 Å². The Morgan fingerprint density at radius 2 is 1.69 bits per heavy atom. The van der Waals surface area contributed by atoms with Crippen LogP contribution in [0.2, 0.25) is 5.02 Å². The van der Waals surface area contributed by atoms with Crippen molar-refractivity contribution in [3.63, 3.8) is 0 Å². The van der Waals surface area contributed by atoms with Crippen LogP contribution in [0.15, 0.2) is 65.6 Å². The van der Waals surface area contributed by atoms with E-state index in [2.05, 4.69) is 10.6 Å². The third-order valence-electron chi connectivity index (χ3n) is 4.85. The zero-order valence-corrected chi connectivity index (χ0v) is 20.6. The molecule has 0 radical (unpaired) electrons. The fourth-order valence-electron chi connectivity index (χ4n) is 3.03. The third kappa shape index (κ3) is 6.65. The molecule has 182 valence electrons. The number of non-ortho nitro benzene ring substituents is 1. The predicted octanol–water partition coefficient (Wildman–Crippen LogP) is 5.64. The third-order valence-corrected chi connectivity index (χ3v) is 6.25. The van der Waals surface area contributed by atoms with Gasteiger partial charge >= 0.3 is 0 Å². The molecule has 0 saturated heterocycles. The maximum absolute atomic E-state index is 12.7. The lowest BCUT2D eigenvalue weighted by atomic mass is 10.2. The van der Waals surface area contributed by atoms with Crippen molar-refractivity contribution in [3.8, 4) is 11.5 Å². The quantitative estimate of drug-likeness (QED) is 0.215. The molecule has 0 aliphatic rings. The minimum absolute atomic E-state index is 0.161. The maximum atomic E-state index is 12.7. The average molecular weight is 516 g/mol. The Bertz CT molecular complexity index is 1250. The van der Waals surface area contributed by atoms with Gasteiger partial charge in [0, 0.05) is 34.3 Å². The fourth-order valence-corrected chi connectivity index (χ4v) is 4.14. The van der Waals surface area contributed by atoms with Gasteiger partial charge in [-0.05, 0) is 43.3 Å². The normalized spacial score (nSPS) is 11.3. The van der Waals surface area contributed by atoms with Crippen molar-refractivity contribution in [2.24, 2.45) is 0 Å². The summed E-state index contributed by atoms with van der Waals surface area (Å²) in [6, 6.07) is 15.5. The van der Waals surface area contributed by atoms with Crippen LogP contribution in [-0.2, 0) is 4.79 Å². The number of hydrogen-bond acceptors (Lipinski definition) is 7. The molecule has 1 atom stereocenters. The van der Waals surface area contributed by atoms with Gasteiger partial charge in [-0.3, -0.25) is 19.7 Å². The van der Waals surface area contributed by atoms with E-state index in [9.17, 15) is 19.7 Å². The van der Waals surface area contributed by atoms with E-state index in [1.165, 1.54) is 50.2 Å². The van der Waals surface area contributed by atoms with Crippen molar-refractivity contribution >= 4 is 52.2 Å². The molecule has 9 nitrogen and oxygen atoms in total. The highest BCUT2D eigenvalue weighted by molar-refractivity contribution is 8.00. The molecule has 0 saturated carbocycles. The van der Waals surface area contributed by atoms with Crippen molar-refractivity contribution < 1.29 is 24.0 Å². The molecule has 2 amide bonds. The van der Waals surface area contributed by atoms with E-state index in [0.717, 1.165) is 4.90 Å². The minimum Gasteiger partial charge on any atom is -0.495 e. The summed E-state index contributed by atoms with van der Waals surface area (Å²) in [5.41, 5.74) is 0.957. The first-order chi connectivity index (χ1) is 16.7. The van der Waals surface area contributed by atoms with Gasteiger partial charge in [-0.15, -0.1) is 11.8 Å². The van der Waals surface area contributed by atoms with Gasteiger partial charge in [0.2, 0.25) is 5.91 Å². The number of benzene rings is 3. The summed E-state index contributed by atoms with van der Waals surface area (Å²) in [4.78, 5) is 36.3. The molecule has 0 spiro atoms. The molecule has 35 heavy (non-hydrogen) atoms. The van der Waals surface area contributed by atoms with Gasteiger partial charge in [0.05, 0.1) is 35.1 Å². The molecular weight excluding hydrogens is 494 g/mol. The number of ether oxygens (including phenoxy) is 2. The summed E-state index contributed by atoms with van der Waals surface area (Å²) in [6.07, 6.45) is 0. The Labute approximate surface area is 210 Å². The average Bonchev–Trinajstić information content (AvgIpc) is 2.85. The number of thioether (sulfide) groups is 1. The fraction of sp³-hybridized carbons (Fsp3) is 0.167. The van der Waals surface area contributed by atoms with Crippen molar-refractivity contribution in [3.05, 3.63) is 81.4 Å². The number of anilines is 2. The van der Waals surface area contributed by atoms with Crippen LogP contribution in [0.25, 0.3) is 0 Å². The Kier molecular flexibility index (Phi) is 8.56. The van der Waals surface area contributed by atoms with Gasteiger partial charge in [0.1, 0.15) is 11.5 Å². The number of nitro groups is 1. The largest absolute Gasteiger partial charge is 0.495 e. The Balaban J connectivity index is 1.62. The molecule has 11 heteroatoms. The molecule has 3 rings (SSSR count). The van der Waals surface area contributed by atoms with Gasteiger partial charge in [0.25, 0.3) is 11.6 Å². The molecule has 2 N–H and O–H groups in total.